The van der Waals surface area contributed by atoms with Gasteiger partial charge >= 0.3 is 0 Å². The van der Waals surface area contributed by atoms with Crippen LogP contribution in [0.2, 0.25) is 0 Å². The molecule has 0 spiro atoms. The summed E-state index contributed by atoms with van der Waals surface area (Å²) in [6.07, 6.45) is 5.69. The van der Waals surface area contributed by atoms with Gasteiger partial charge in [0, 0.05) is 24.2 Å². The van der Waals surface area contributed by atoms with E-state index in [0.717, 1.165) is 37.7 Å². The molecule has 1 aliphatic rings. The van der Waals surface area contributed by atoms with Crippen LogP contribution in [0.1, 0.15) is 57.1 Å². The van der Waals surface area contributed by atoms with Crippen molar-refractivity contribution in [2.24, 2.45) is 0 Å². The average molecular weight is 292 g/mol. The van der Waals surface area contributed by atoms with Crippen molar-refractivity contribution >= 4 is 5.69 Å². The minimum absolute atomic E-state index is 0.0441. The highest BCUT2D eigenvalue weighted by Crippen LogP contribution is 2.25. The van der Waals surface area contributed by atoms with Crippen molar-refractivity contribution in [3.8, 4) is 0 Å². The molecule has 21 heavy (non-hydrogen) atoms. The summed E-state index contributed by atoms with van der Waals surface area (Å²) < 4.78 is 0. The molecule has 3 atom stereocenters. The fourth-order valence-electron chi connectivity index (χ4n) is 3.05. The minimum Gasteiger partial charge on any atom is -0.392 e. The van der Waals surface area contributed by atoms with E-state index in [2.05, 4.69) is 12.2 Å². The third-order valence-corrected chi connectivity index (χ3v) is 4.29. The Balaban J connectivity index is 2.11. The average Bonchev–Trinajstić information content (AvgIpc) is 2.69. The van der Waals surface area contributed by atoms with Crippen LogP contribution in [-0.2, 0) is 0 Å². The third kappa shape index (κ3) is 4.25. The summed E-state index contributed by atoms with van der Waals surface area (Å²) in [5.41, 5.74) is 1.04. The van der Waals surface area contributed by atoms with E-state index in [-0.39, 0.29) is 28.8 Å². The van der Waals surface area contributed by atoms with Crippen LogP contribution in [0.5, 0.6) is 0 Å². The van der Waals surface area contributed by atoms with Gasteiger partial charge in [0.05, 0.1) is 11.0 Å². The van der Waals surface area contributed by atoms with Crippen molar-refractivity contribution in [1.82, 2.24) is 5.32 Å². The maximum absolute atomic E-state index is 10.9. The predicted molar refractivity (Wildman–Crippen MR) is 82.1 cm³/mol. The van der Waals surface area contributed by atoms with Crippen LogP contribution in [0, 0.1) is 10.1 Å². The zero-order chi connectivity index (χ0) is 15.2. The van der Waals surface area contributed by atoms with Crippen LogP contribution >= 0.6 is 0 Å². The maximum Gasteiger partial charge on any atom is 0.269 e. The summed E-state index contributed by atoms with van der Waals surface area (Å²) in [6, 6.07) is 6.90. The van der Waals surface area contributed by atoms with Gasteiger partial charge in [0.25, 0.3) is 5.69 Å². The van der Waals surface area contributed by atoms with Gasteiger partial charge in [-0.1, -0.05) is 38.3 Å². The fourth-order valence-corrected chi connectivity index (χ4v) is 3.05. The molecule has 1 fully saturated rings. The number of hydrogen-bond donors (Lipinski definition) is 2. The predicted octanol–water partition coefficient (Wildman–Crippen LogP) is 3.33. The molecular weight excluding hydrogens is 268 g/mol. The number of aliphatic hydroxyl groups is 1. The number of hydrogen-bond acceptors (Lipinski definition) is 4. The zero-order valence-electron chi connectivity index (χ0n) is 12.5. The number of nitro benzene ring substituents is 1. The number of nitro groups is 1. The van der Waals surface area contributed by atoms with E-state index in [1.807, 2.05) is 6.07 Å². The van der Waals surface area contributed by atoms with E-state index in [4.69, 9.17) is 0 Å². The van der Waals surface area contributed by atoms with Crippen molar-refractivity contribution in [3.05, 3.63) is 39.9 Å². The van der Waals surface area contributed by atoms with Crippen LogP contribution in [-0.4, -0.2) is 22.2 Å². The van der Waals surface area contributed by atoms with Gasteiger partial charge < -0.3 is 10.4 Å². The number of non-ortho nitro benzene ring substituents is 1. The SMILES string of the molecule is CCC(NC1CCCCCC1O)c1cccc([N+](=O)[O-])c1. The largest absolute Gasteiger partial charge is 0.392 e. The molecule has 1 aliphatic carbocycles. The third-order valence-electron chi connectivity index (χ3n) is 4.29. The topological polar surface area (TPSA) is 75.4 Å². The van der Waals surface area contributed by atoms with Gasteiger partial charge in [-0.3, -0.25) is 10.1 Å². The number of rotatable bonds is 5. The van der Waals surface area contributed by atoms with E-state index >= 15 is 0 Å². The molecule has 0 heterocycles. The van der Waals surface area contributed by atoms with E-state index in [1.54, 1.807) is 12.1 Å². The first kappa shape index (κ1) is 15.9. The molecule has 0 bridgehead atoms. The Labute approximate surface area is 125 Å². The first-order chi connectivity index (χ1) is 10.1. The molecule has 116 valence electrons. The number of aliphatic hydroxyl groups excluding tert-OH is 1. The van der Waals surface area contributed by atoms with Gasteiger partial charge in [-0.2, -0.15) is 0 Å². The molecule has 0 amide bonds. The lowest BCUT2D eigenvalue weighted by atomic mass is 9.99. The van der Waals surface area contributed by atoms with Gasteiger partial charge in [0.15, 0.2) is 0 Å². The standard InChI is InChI=1S/C16H24N2O3/c1-2-14(12-7-6-8-13(11-12)18(20)21)17-15-9-4-3-5-10-16(15)19/h6-8,11,14-17,19H,2-5,9-10H2,1H3. The van der Waals surface area contributed by atoms with Crippen molar-refractivity contribution in [3.63, 3.8) is 0 Å². The number of benzene rings is 1. The van der Waals surface area contributed by atoms with Crippen LogP contribution in [0.3, 0.4) is 0 Å². The van der Waals surface area contributed by atoms with Gasteiger partial charge in [-0.15, -0.1) is 0 Å². The van der Waals surface area contributed by atoms with Crippen LogP contribution < -0.4 is 5.32 Å². The molecule has 0 aliphatic heterocycles. The molecule has 2 N–H and O–H groups in total. The zero-order valence-corrected chi connectivity index (χ0v) is 12.5. The van der Waals surface area contributed by atoms with Gasteiger partial charge in [0.2, 0.25) is 0 Å². The minimum atomic E-state index is -0.364. The highest BCUT2D eigenvalue weighted by atomic mass is 16.6. The second-order valence-corrected chi connectivity index (χ2v) is 5.79. The molecule has 0 aromatic heterocycles. The summed E-state index contributed by atoms with van der Waals surface area (Å²) in [5, 5.41) is 24.6. The van der Waals surface area contributed by atoms with E-state index in [9.17, 15) is 15.2 Å². The van der Waals surface area contributed by atoms with Crippen LogP contribution in [0.15, 0.2) is 24.3 Å². The molecule has 3 unspecified atom stereocenters. The summed E-state index contributed by atoms with van der Waals surface area (Å²) in [7, 11) is 0. The van der Waals surface area contributed by atoms with Gasteiger partial charge in [-0.25, -0.2) is 0 Å². The summed E-state index contributed by atoms with van der Waals surface area (Å²) >= 11 is 0. The van der Waals surface area contributed by atoms with Gasteiger partial charge in [-0.05, 0) is 24.8 Å². The van der Waals surface area contributed by atoms with Crippen LogP contribution in [0.25, 0.3) is 0 Å². The Bertz CT molecular complexity index is 478. The lowest BCUT2D eigenvalue weighted by molar-refractivity contribution is -0.384. The lowest BCUT2D eigenvalue weighted by Gasteiger charge is -2.27. The molecule has 2 rings (SSSR count). The first-order valence-corrected chi connectivity index (χ1v) is 7.80. The Morgan fingerprint density at radius 1 is 1.38 bits per heavy atom. The summed E-state index contributed by atoms with van der Waals surface area (Å²) in [6.45, 7) is 2.06. The molecule has 1 saturated carbocycles. The molecule has 1 aromatic rings. The number of nitrogens with zero attached hydrogens (tertiary/aromatic N) is 1. The highest BCUT2D eigenvalue weighted by molar-refractivity contribution is 5.35. The fraction of sp³-hybridized carbons (Fsp3) is 0.625. The van der Waals surface area contributed by atoms with Crippen molar-refractivity contribution in [2.75, 3.05) is 0 Å². The van der Waals surface area contributed by atoms with E-state index in [1.165, 1.54) is 12.5 Å². The molecule has 0 saturated heterocycles. The number of nitrogens with one attached hydrogen (secondary N) is 1. The first-order valence-electron chi connectivity index (χ1n) is 7.80. The van der Waals surface area contributed by atoms with Crippen molar-refractivity contribution in [1.29, 1.82) is 0 Å². The van der Waals surface area contributed by atoms with Crippen molar-refractivity contribution in [2.45, 2.75) is 63.6 Å². The van der Waals surface area contributed by atoms with Gasteiger partial charge in [0.1, 0.15) is 0 Å². The molecule has 5 heteroatoms. The molecule has 5 nitrogen and oxygen atoms in total. The highest BCUT2D eigenvalue weighted by Gasteiger charge is 2.24. The van der Waals surface area contributed by atoms with E-state index < -0.39 is 0 Å². The Morgan fingerprint density at radius 2 is 2.14 bits per heavy atom. The van der Waals surface area contributed by atoms with Crippen LogP contribution in [0.4, 0.5) is 5.69 Å². The lowest BCUT2D eigenvalue weighted by Crippen LogP contribution is -2.41. The molecule has 0 radical (unpaired) electrons. The smallest absolute Gasteiger partial charge is 0.269 e. The maximum atomic E-state index is 10.9. The Hall–Kier alpha value is -1.46. The Kier molecular flexibility index (Phi) is 5.70. The second-order valence-electron chi connectivity index (χ2n) is 5.79. The summed E-state index contributed by atoms with van der Waals surface area (Å²) in [5.74, 6) is 0. The summed E-state index contributed by atoms with van der Waals surface area (Å²) in [4.78, 5) is 10.5. The monoisotopic (exact) mass is 292 g/mol. The quantitative estimate of drug-likeness (QED) is 0.496. The molecule has 1 aromatic carbocycles. The van der Waals surface area contributed by atoms with Crippen molar-refractivity contribution < 1.29 is 10.0 Å². The second kappa shape index (κ2) is 7.52. The Morgan fingerprint density at radius 3 is 2.86 bits per heavy atom. The normalized spacial score (nSPS) is 24.3. The molecular formula is C16H24N2O3. The van der Waals surface area contributed by atoms with E-state index in [0.29, 0.717) is 0 Å².